The molecule has 0 atom stereocenters. The molecular formula is C8H10N2O. The largest absolute Gasteiger partial charge is 0.412 e. The maximum Gasteiger partial charge on any atom is 0.101 e. The highest BCUT2D eigenvalue weighted by Crippen LogP contribution is 2.14. The number of hydrogen-bond donors (Lipinski definition) is 2. The van der Waals surface area contributed by atoms with Crippen molar-refractivity contribution in [3.8, 4) is 0 Å². The molecular weight excluding hydrogens is 140 g/mol. The second-order valence-corrected chi connectivity index (χ2v) is 2.31. The first-order valence-electron chi connectivity index (χ1n) is 3.19. The van der Waals surface area contributed by atoms with Crippen LogP contribution in [0.15, 0.2) is 30.3 Å². The summed E-state index contributed by atoms with van der Waals surface area (Å²) in [6, 6.07) is 9.94. The minimum Gasteiger partial charge on any atom is -0.412 e. The summed E-state index contributed by atoms with van der Waals surface area (Å²) in [5.41, 5.74) is 6.63. The van der Waals surface area contributed by atoms with E-state index in [9.17, 15) is 0 Å². The van der Waals surface area contributed by atoms with E-state index < -0.39 is 0 Å². The van der Waals surface area contributed by atoms with Crippen LogP contribution in [0.1, 0.15) is 0 Å². The summed E-state index contributed by atoms with van der Waals surface area (Å²) in [7, 11) is 0. The van der Waals surface area contributed by atoms with Gasteiger partial charge in [0.05, 0.1) is 0 Å². The molecule has 0 aliphatic heterocycles. The molecule has 0 spiro atoms. The lowest BCUT2D eigenvalue weighted by Crippen LogP contribution is -1.80. The van der Waals surface area contributed by atoms with Crippen LogP contribution in [0.25, 0.3) is 10.9 Å². The van der Waals surface area contributed by atoms with Gasteiger partial charge in [0.2, 0.25) is 0 Å². The molecule has 1 aromatic heterocycles. The minimum atomic E-state index is 0. The summed E-state index contributed by atoms with van der Waals surface area (Å²) in [6.07, 6.45) is 0. The van der Waals surface area contributed by atoms with Gasteiger partial charge in [-0.1, -0.05) is 18.2 Å². The Hall–Kier alpha value is -1.48. The lowest BCUT2D eigenvalue weighted by Gasteiger charge is -1.83. The van der Waals surface area contributed by atoms with Crippen molar-refractivity contribution < 1.29 is 5.48 Å². The molecule has 0 bridgehead atoms. The average molecular weight is 150 g/mol. The van der Waals surface area contributed by atoms with Gasteiger partial charge in [-0.05, 0) is 12.1 Å². The molecule has 5 N–H and O–H groups in total. The van der Waals surface area contributed by atoms with Gasteiger partial charge in [0, 0.05) is 10.9 Å². The van der Waals surface area contributed by atoms with Crippen molar-refractivity contribution in [1.29, 1.82) is 0 Å². The highest BCUT2D eigenvalue weighted by Gasteiger charge is 1.92. The SMILES string of the molecule is Nc1cc2ccccc2[nH]1.O. The third-order valence-corrected chi connectivity index (χ3v) is 1.55. The Morgan fingerprint density at radius 3 is 2.64 bits per heavy atom. The smallest absolute Gasteiger partial charge is 0.101 e. The quantitative estimate of drug-likeness (QED) is 0.576. The van der Waals surface area contributed by atoms with Crippen LogP contribution >= 0.6 is 0 Å². The monoisotopic (exact) mass is 150 g/mol. The van der Waals surface area contributed by atoms with E-state index in [4.69, 9.17) is 5.73 Å². The number of nitrogens with two attached hydrogens (primary N) is 1. The van der Waals surface area contributed by atoms with Crippen molar-refractivity contribution in [2.24, 2.45) is 0 Å². The van der Waals surface area contributed by atoms with E-state index in [-0.39, 0.29) is 5.48 Å². The van der Waals surface area contributed by atoms with Crippen LogP contribution in [-0.2, 0) is 0 Å². The fourth-order valence-corrected chi connectivity index (χ4v) is 1.10. The Bertz CT molecular complexity index is 321. The molecule has 0 unspecified atom stereocenters. The fraction of sp³-hybridized carbons (Fsp3) is 0. The van der Waals surface area contributed by atoms with E-state index in [2.05, 4.69) is 4.98 Å². The molecule has 1 aromatic carbocycles. The Kier molecular flexibility index (Phi) is 1.83. The zero-order valence-corrected chi connectivity index (χ0v) is 5.96. The van der Waals surface area contributed by atoms with Gasteiger partial charge in [-0.3, -0.25) is 0 Å². The Labute approximate surface area is 64.1 Å². The number of aromatic nitrogens is 1. The first kappa shape index (κ1) is 7.63. The maximum absolute atomic E-state index is 5.54. The topological polar surface area (TPSA) is 73.3 Å². The summed E-state index contributed by atoms with van der Waals surface area (Å²) < 4.78 is 0. The molecule has 1 heterocycles. The number of benzene rings is 1. The number of anilines is 1. The number of aromatic amines is 1. The van der Waals surface area contributed by atoms with E-state index >= 15 is 0 Å². The lowest BCUT2D eigenvalue weighted by molar-refractivity contribution is 0.824. The highest BCUT2D eigenvalue weighted by atomic mass is 16.0. The van der Waals surface area contributed by atoms with Crippen LogP contribution < -0.4 is 5.73 Å². The number of para-hydroxylation sites is 1. The molecule has 0 radical (unpaired) electrons. The van der Waals surface area contributed by atoms with Gasteiger partial charge in [-0.25, -0.2) is 0 Å². The molecule has 0 amide bonds. The molecule has 0 saturated heterocycles. The number of fused-ring (bicyclic) bond motifs is 1. The first-order chi connectivity index (χ1) is 4.86. The van der Waals surface area contributed by atoms with Gasteiger partial charge >= 0.3 is 0 Å². The predicted molar refractivity (Wildman–Crippen MR) is 46.3 cm³/mol. The van der Waals surface area contributed by atoms with E-state index in [1.165, 1.54) is 5.39 Å². The first-order valence-corrected chi connectivity index (χ1v) is 3.19. The maximum atomic E-state index is 5.54. The van der Waals surface area contributed by atoms with Crippen molar-refractivity contribution in [3.05, 3.63) is 30.3 Å². The number of H-pyrrole nitrogens is 1. The van der Waals surface area contributed by atoms with Crippen molar-refractivity contribution in [2.45, 2.75) is 0 Å². The van der Waals surface area contributed by atoms with Crippen molar-refractivity contribution in [2.75, 3.05) is 5.73 Å². The predicted octanol–water partition coefficient (Wildman–Crippen LogP) is 0.925. The summed E-state index contributed by atoms with van der Waals surface area (Å²) in [5.74, 6) is 0.723. The normalized spacial score (nSPS) is 9.45. The fourth-order valence-electron chi connectivity index (χ4n) is 1.10. The molecule has 0 fully saturated rings. The standard InChI is InChI=1S/C8H8N2.H2O/c9-8-5-6-3-1-2-4-7(6)10-8;/h1-5,10H,9H2;1H2. The second kappa shape index (κ2) is 2.64. The van der Waals surface area contributed by atoms with Crippen LogP contribution in [0.2, 0.25) is 0 Å². The third-order valence-electron chi connectivity index (χ3n) is 1.55. The highest BCUT2D eigenvalue weighted by molar-refractivity contribution is 5.82. The third kappa shape index (κ3) is 1.18. The molecule has 0 aliphatic rings. The molecule has 58 valence electrons. The Morgan fingerprint density at radius 2 is 1.91 bits per heavy atom. The number of nitrogen functional groups attached to an aromatic ring is 1. The molecule has 0 aliphatic carbocycles. The van der Waals surface area contributed by atoms with Gasteiger partial charge in [0.25, 0.3) is 0 Å². The van der Waals surface area contributed by atoms with E-state index in [1.54, 1.807) is 0 Å². The molecule has 3 heteroatoms. The average Bonchev–Trinajstić information content (AvgIpc) is 2.27. The van der Waals surface area contributed by atoms with E-state index in [1.807, 2.05) is 30.3 Å². The van der Waals surface area contributed by atoms with Crippen molar-refractivity contribution >= 4 is 16.7 Å². The lowest BCUT2D eigenvalue weighted by atomic mass is 10.3. The van der Waals surface area contributed by atoms with Crippen LogP contribution in [0, 0.1) is 0 Å². The summed E-state index contributed by atoms with van der Waals surface area (Å²) in [4.78, 5) is 3.04. The van der Waals surface area contributed by atoms with Gasteiger partial charge in [0.15, 0.2) is 0 Å². The molecule has 2 aromatic rings. The summed E-state index contributed by atoms with van der Waals surface area (Å²) >= 11 is 0. The Morgan fingerprint density at radius 1 is 1.18 bits per heavy atom. The van der Waals surface area contributed by atoms with Crippen molar-refractivity contribution in [3.63, 3.8) is 0 Å². The number of hydrogen-bond acceptors (Lipinski definition) is 1. The minimum absolute atomic E-state index is 0. The van der Waals surface area contributed by atoms with Crippen LogP contribution in [0.4, 0.5) is 5.82 Å². The van der Waals surface area contributed by atoms with Crippen LogP contribution in [-0.4, -0.2) is 10.5 Å². The van der Waals surface area contributed by atoms with Crippen molar-refractivity contribution in [1.82, 2.24) is 4.98 Å². The van der Waals surface area contributed by atoms with Gasteiger partial charge in [-0.2, -0.15) is 0 Å². The zero-order chi connectivity index (χ0) is 6.97. The molecule has 11 heavy (non-hydrogen) atoms. The van der Waals surface area contributed by atoms with E-state index in [0.29, 0.717) is 0 Å². The number of rotatable bonds is 0. The van der Waals surface area contributed by atoms with E-state index in [0.717, 1.165) is 11.3 Å². The van der Waals surface area contributed by atoms with Crippen LogP contribution in [0.5, 0.6) is 0 Å². The molecule has 2 rings (SSSR count). The summed E-state index contributed by atoms with van der Waals surface area (Å²) in [5, 5.41) is 1.17. The Balaban J connectivity index is 0.000000605. The van der Waals surface area contributed by atoms with Gasteiger partial charge < -0.3 is 16.2 Å². The molecule has 0 saturated carbocycles. The van der Waals surface area contributed by atoms with Gasteiger partial charge in [0.1, 0.15) is 5.82 Å². The van der Waals surface area contributed by atoms with Gasteiger partial charge in [-0.15, -0.1) is 0 Å². The zero-order valence-electron chi connectivity index (χ0n) is 5.96. The molecule has 3 nitrogen and oxygen atoms in total. The number of nitrogens with one attached hydrogen (secondary N) is 1. The summed E-state index contributed by atoms with van der Waals surface area (Å²) in [6.45, 7) is 0. The second-order valence-electron chi connectivity index (χ2n) is 2.31. The van der Waals surface area contributed by atoms with Crippen LogP contribution in [0.3, 0.4) is 0 Å².